The number of nitrogens with one attached hydrogen (secondary N) is 2. The summed E-state index contributed by atoms with van der Waals surface area (Å²) in [5.74, 6) is -1.39. The lowest BCUT2D eigenvalue weighted by Crippen LogP contribution is -2.30. The molecule has 1 fully saturated rings. The Bertz CT molecular complexity index is 904. The van der Waals surface area contributed by atoms with Crippen LogP contribution in [-0.4, -0.2) is 46.5 Å². The normalized spacial score (nSPS) is 14.6. The molecule has 0 saturated carbocycles. The van der Waals surface area contributed by atoms with E-state index in [0.29, 0.717) is 11.3 Å². The number of imide groups is 1. The largest absolute Gasteiger partial charge is 0.449 e. The van der Waals surface area contributed by atoms with Crippen LogP contribution in [0.15, 0.2) is 34.9 Å². The van der Waals surface area contributed by atoms with Crippen LogP contribution in [0.4, 0.5) is 10.7 Å². The van der Waals surface area contributed by atoms with Gasteiger partial charge < -0.3 is 14.6 Å². The van der Waals surface area contributed by atoms with Crippen molar-refractivity contribution in [2.24, 2.45) is 0 Å². The molecule has 1 saturated heterocycles. The van der Waals surface area contributed by atoms with Crippen molar-refractivity contribution in [3.05, 3.63) is 47.2 Å². The number of esters is 1. The first kappa shape index (κ1) is 19.1. The molecule has 1 aliphatic rings. The number of anilines is 1. The van der Waals surface area contributed by atoms with E-state index in [9.17, 15) is 19.2 Å². The van der Waals surface area contributed by atoms with Crippen molar-refractivity contribution >= 4 is 29.7 Å². The van der Waals surface area contributed by atoms with Gasteiger partial charge in [-0.2, -0.15) is 0 Å². The summed E-state index contributed by atoms with van der Waals surface area (Å²) in [6.45, 7) is 3.23. The molecule has 0 unspecified atom stereocenters. The topological polar surface area (TPSA) is 131 Å². The fraction of sp³-hybridized carbons (Fsp3) is 0.278. The van der Waals surface area contributed by atoms with Crippen molar-refractivity contribution in [2.75, 3.05) is 11.9 Å². The molecule has 2 N–H and O–H groups in total. The molecular weight excluding hydrogens is 368 g/mol. The highest BCUT2D eigenvalue weighted by atomic mass is 16.5. The van der Waals surface area contributed by atoms with Crippen molar-refractivity contribution in [1.29, 1.82) is 0 Å². The van der Waals surface area contributed by atoms with Gasteiger partial charge in [-0.3, -0.25) is 19.8 Å². The molecule has 146 valence electrons. The molecule has 1 aromatic carbocycles. The highest BCUT2D eigenvalue weighted by molar-refractivity contribution is 6.02. The van der Waals surface area contributed by atoms with Gasteiger partial charge in [0.15, 0.2) is 6.10 Å². The number of hydrogen-bond donors (Lipinski definition) is 2. The molecule has 1 aliphatic heterocycles. The van der Waals surface area contributed by atoms with Crippen LogP contribution in [0.2, 0.25) is 0 Å². The van der Waals surface area contributed by atoms with Crippen molar-refractivity contribution in [3.8, 4) is 0 Å². The van der Waals surface area contributed by atoms with Gasteiger partial charge in [-0.05, 0) is 31.5 Å². The fourth-order valence-electron chi connectivity index (χ4n) is 2.47. The van der Waals surface area contributed by atoms with E-state index in [1.807, 2.05) is 0 Å². The van der Waals surface area contributed by atoms with Crippen molar-refractivity contribution < 1.29 is 28.4 Å². The number of carbonyl (C=O) groups is 4. The van der Waals surface area contributed by atoms with E-state index in [2.05, 4.69) is 15.8 Å². The van der Waals surface area contributed by atoms with Crippen molar-refractivity contribution in [1.82, 2.24) is 15.4 Å². The van der Waals surface area contributed by atoms with E-state index in [0.717, 1.165) is 4.90 Å². The maximum absolute atomic E-state index is 12.2. The minimum absolute atomic E-state index is 0.0170. The maximum atomic E-state index is 12.2. The van der Waals surface area contributed by atoms with Crippen LogP contribution in [0.1, 0.15) is 28.5 Å². The van der Waals surface area contributed by atoms with Crippen LogP contribution in [0.5, 0.6) is 0 Å². The zero-order chi connectivity index (χ0) is 20.3. The predicted molar refractivity (Wildman–Crippen MR) is 95.1 cm³/mol. The second-order valence-corrected chi connectivity index (χ2v) is 6.20. The van der Waals surface area contributed by atoms with Crippen LogP contribution < -0.4 is 10.6 Å². The summed E-state index contributed by atoms with van der Waals surface area (Å²) >= 11 is 0. The molecule has 0 radical (unpaired) electrons. The average Bonchev–Trinajstić information content (AvgIpc) is 3.21. The van der Waals surface area contributed by atoms with Crippen molar-refractivity contribution in [2.45, 2.75) is 26.5 Å². The number of rotatable bonds is 6. The first-order valence-corrected chi connectivity index (χ1v) is 8.46. The molecule has 0 spiro atoms. The number of urea groups is 1. The SMILES string of the molecule is Cc1cc(NC(=O)[C@@H](C)OC(=O)c2ccc(CN3C(=O)CNC3=O)cc2)on1. The number of hydrogen-bond acceptors (Lipinski definition) is 7. The lowest BCUT2D eigenvalue weighted by atomic mass is 10.1. The smallest absolute Gasteiger partial charge is 0.338 e. The van der Waals surface area contributed by atoms with E-state index in [-0.39, 0.29) is 30.4 Å². The van der Waals surface area contributed by atoms with Gasteiger partial charge in [0.25, 0.3) is 5.91 Å². The lowest BCUT2D eigenvalue weighted by Gasteiger charge is -2.14. The Morgan fingerprint density at radius 3 is 2.61 bits per heavy atom. The van der Waals surface area contributed by atoms with Crippen LogP contribution in [-0.2, 0) is 20.9 Å². The summed E-state index contributed by atoms with van der Waals surface area (Å²) in [6, 6.07) is 7.31. The summed E-state index contributed by atoms with van der Waals surface area (Å²) in [7, 11) is 0. The molecule has 28 heavy (non-hydrogen) atoms. The molecular formula is C18H18N4O6. The second-order valence-electron chi connectivity index (χ2n) is 6.20. The molecule has 1 aromatic heterocycles. The fourth-order valence-corrected chi connectivity index (χ4v) is 2.47. The Kier molecular flexibility index (Phi) is 5.39. The first-order chi connectivity index (χ1) is 13.3. The van der Waals surface area contributed by atoms with Crippen LogP contribution in [0.3, 0.4) is 0 Å². The van der Waals surface area contributed by atoms with E-state index in [1.54, 1.807) is 19.1 Å². The molecule has 0 aliphatic carbocycles. The van der Waals surface area contributed by atoms with Gasteiger partial charge in [0, 0.05) is 6.07 Å². The Labute approximate surface area is 159 Å². The van der Waals surface area contributed by atoms with Gasteiger partial charge in [0.05, 0.1) is 24.3 Å². The van der Waals surface area contributed by atoms with Crippen molar-refractivity contribution in [3.63, 3.8) is 0 Å². The number of aryl methyl sites for hydroxylation is 1. The van der Waals surface area contributed by atoms with Gasteiger partial charge in [0.1, 0.15) is 0 Å². The Morgan fingerprint density at radius 2 is 2.04 bits per heavy atom. The van der Waals surface area contributed by atoms with E-state index in [1.165, 1.54) is 25.1 Å². The number of carbonyl (C=O) groups excluding carboxylic acids is 4. The van der Waals surface area contributed by atoms with E-state index in [4.69, 9.17) is 9.26 Å². The first-order valence-electron chi connectivity index (χ1n) is 8.46. The molecule has 10 heteroatoms. The molecule has 10 nitrogen and oxygen atoms in total. The number of ether oxygens (including phenoxy) is 1. The third-order valence-electron chi connectivity index (χ3n) is 3.99. The third kappa shape index (κ3) is 4.34. The quantitative estimate of drug-likeness (QED) is 0.564. The van der Waals surface area contributed by atoms with Crippen LogP contribution in [0.25, 0.3) is 0 Å². The molecule has 3 rings (SSSR count). The van der Waals surface area contributed by atoms with Gasteiger partial charge in [-0.1, -0.05) is 17.3 Å². The number of amides is 4. The average molecular weight is 386 g/mol. The number of aromatic nitrogens is 1. The predicted octanol–water partition coefficient (Wildman–Crippen LogP) is 1.22. The highest BCUT2D eigenvalue weighted by Crippen LogP contribution is 2.13. The standard InChI is InChI=1S/C18H18N4O6/c1-10-7-14(28-21-10)20-16(24)11(2)27-17(25)13-5-3-12(4-6-13)9-22-15(23)8-19-18(22)26/h3-7,11H,8-9H2,1-2H3,(H,19,26)(H,20,24)/t11-/m1/s1. The second kappa shape index (κ2) is 7.91. The minimum Gasteiger partial charge on any atom is -0.449 e. The molecule has 0 bridgehead atoms. The van der Waals surface area contributed by atoms with Gasteiger partial charge in [0.2, 0.25) is 11.8 Å². The summed E-state index contributed by atoms with van der Waals surface area (Å²) in [5.41, 5.74) is 1.51. The molecule has 2 aromatic rings. The zero-order valence-electron chi connectivity index (χ0n) is 15.2. The number of nitrogens with zero attached hydrogens (tertiary/aromatic N) is 2. The number of benzene rings is 1. The summed E-state index contributed by atoms with van der Waals surface area (Å²) in [4.78, 5) is 48.5. The zero-order valence-corrected chi connectivity index (χ0v) is 15.2. The minimum atomic E-state index is -1.05. The van der Waals surface area contributed by atoms with Gasteiger partial charge in [-0.15, -0.1) is 0 Å². The third-order valence-corrected chi connectivity index (χ3v) is 3.99. The Balaban J connectivity index is 1.55. The Hall–Kier alpha value is -3.69. The summed E-state index contributed by atoms with van der Waals surface area (Å²) in [5, 5.41) is 8.54. The van der Waals surface area contributed by atoms with Gasteiger partial charge >= 0.3 is 12.0 Å². The monoisotopic (exact) mass is 386 g/mol. The lowest BCUT2D eigenvalue weighted by molar-refractivity contribution is -0.125. The van der Waals surface area contributed by atoms with Crippen LogP contribution in [0, 0.1) is 6.92 Å². The summed E-state index contributed by atoms with van der Waals surface area (Å²) < 4.78 is 10.0. The molecule has 2 heterocycles. The molecule has 1 atom stereocenters. The molecule has 4 amide bonds. The van der Waals surface area contributed by atoms with E-state index >= 15 is 0 Å². The maximum Gasteiger partial charge on any atom is 0.338 e. The highest BCUT2D eigenvalue weighted by Gasteiger charge is 2.28. The summed E-state index contributed by atoms with van der Waals surface area (Å²) in [6.07, 6.45) is -1.05. The van der Waals surface area contributed by atoms with E-state index < -0.39 is 24.0 Å². The Morgan fingerprint density at radius 1 is 1.32 bits per heavy atom. The van der Waals surface area contributed by atoms with Gasteiger partial charge in [-0.25, -0.2) is 9.59 Å². The van der Waals surface area contributed by atoms with Crippen LogP contribution >= 0.6 is 0 Å².